The largest absolute Gasteiger partial charge is 0.507 e. The van der Waals surface area contributed by atoms with E-state index < -0.39 is 36.8 Å². The van der Waals surface area contributed by atoms with Crippen molar-refractivity contribution in [1.29, 1.82) is 0 Å². The second kappa shape index (κ2) is 8.95. The Morgan fingerprint density at radius 2 is 1.69 bits per heavy atom. The van der Waals surface area contributed by atoms with Gasteiger partial charge in [0.15, 0.2) is 0 Å². The Morgan fingerprint density at radius 1 is 0.972 bits per heavy atom. The predicted molar refractivity (Wildman–Crippen MR) is 131 cm³/mol. The van der Waals surface area contributed by atoms with E-state index in [1.54, 1.807) is 30.3 Å². The quantitative estimate of drug-likeness (QED) is 0.361. The number of hydrogen-bond donors (Lipinski definition) is 5. The van der Waals surface area contributed by atoms with E-state index in [2.05, 4.69) is 6.58 Å². The molecule has 5 rings (SSSR count). The van der Waals surface area contributed by atoms with Gasteiger partial charge in [-0.2, -0.15) is 0 Å². The van der Waals surface area contributed by atoms with E-state index in [0.29, 0.717) is 39.1 Å². The lowest BCUT2D eigenvalue weighted by Gasteiger charge is -2.30. The molecule has 2 aliphatic heterocycles. The molecule has 9 heteroatoms. The minimum Gasteiger partial charge on any atom is -0.507 e. The van der Waals surface area contributed by atoms with Crippen LogP contribution in [0.2, 0.25) is 0 Å². The van der Waals surface area contributed by atoms with Gasteiger partial charge in [-0.3, -0.25) is 0 Å². The number of aromatic hydroxyl groups is 1. The van der Waals surface area contributed by atoms with Crippen LogP contribution >= 0.6 is 0 Å². The number of phenols is 1. The molecule has 1 saturated heterocycles. The zero-order valence-corrected chi connectivity index (χ0v) is 20.0. The smallest absolute Gasteiger partial charge is 0.225 e. The van der Waals surface area contributed by atoms with E-state index in [1.807, 2.05) is 0 Å². The van der Waals surface area contributed by atoms with E-state index in [0.717, 1.165) is 5.56 Å². The first-order chi connectivity index (χ1) is 17.2. The summed E-state index contributed by atoms with van der Waals surface area (Å²) in [6, 6.07) is 8.18. The maximum Gasteiger partial charge on any atom is 0.225 e. The molecule has 1 fully saturated rings. The minimum absolute atomic E-state index is 0.119. The van der Waals surface area contributed by atoms with Crippen LogP contribution in [0.15, 0.2) is 36.9 Å². The number of ether oxygens (including phenoxy) is 4. The minimum atomic E-state index is -1.38. The van der Waals surface area contributed by atoms with Gasteiger partial charge >= 0.3 is 0 Å². The van der Waals surface area contributed by atoms with E-state index >= 15 is 0 Å². The summed E-state index contributed by atoms with van der Waals surface area (Å²) in [5, 5.41) is 53.8. The summed E-state index contributed by atoms with van der Waals surface area (Å²) in [4.78, 5) is 0. The summed E-state index contributed by atoms with van der Waals surface area (Å²) in [5.74, 6) is 0.873. The van der Waals surface area contributed by atoms with Crippen LogP contribution in [0.25, 0.3) is 28.0 Å². The monoisotopic (exact) mass is 496 g/mol. The fraction of sp³-hybridized carbons (Fsp3) is 0.333. The highest BCUT2D eigenvalue weighted by Gasteiger charge is 2.46. The molecule has 0 amide bonds. The van der Waals surface area contributed by atoms with E-state index in [-0.39, 0.29) is 16.9 Å². The molecule has 5 N–H and O–H groups in total. The van der Waals surface area contributed by atoms with Crippen molar-refractivity contribution in [2.24, 2.45) is 0 Å². The number of hydrogen-bond acceptors (Lipinski definition) is 9. The van der Waals surface area contributed by atoms with Crippen molar-refractivity contribution in [3.8, 4) is 34.1 Å². The third-order valence-corrected chi connectivity index (χ3v) is 6.89. The van der Waals surface area contributed by atoms with Crippen LogP contribution in [0.3, 0.4) is 0 Å². The molecule has 6 unspecified atom stereocenters. The SMILES string of the molecule is C=Cc1cc(OC)c2c(c1)C(O)Oc1c-2cc(OC)c2c(O)ccc(C3OC(C(C)O)C(O)C3O)c12. The predicted octanol–water partition coefficient (Wildman–Crippen LogP) is 2.80. The summed E-state index contributed by atoms with van der Waals surface area (Å²) in [6.45, 7) is 5.25. The average molecular weight is 497 g/mol. The molecule has 0 aliphatic carbocycles. The molecule has 0 bridgehead atoms. The lowest BCUT2D eigenvalue weighted by molar-refractivity contribution is -0.0587. The lowest BCUT2D eigenvalue weighted by Crippen LogP contribution is -2.36. The van der Waals surface area contributed by atoms with Gasteiger partial charge < -0.3 is 44.5 Å². The van der Waals surface area contributed by atoms with Crippen molar-refractivity contribution < 1.29 is 44.5 Å². The topological polar surface area (TPSA) is 138 Å². The number of aliphatic hydroxyl groups excluding tert-OH is 4. The molecule has 0 saturated carbocycles. The first-order valence-electron chi connectivity index (χ1n) is 11.5. The van der Waals surface area contributed by atoms with Crippen LogP contribution < -0.4 is 14.2 Å². The highest BCUT2D eigenvalue weighted by molar-refractivity contribution is 6.06. The first-order valence-corrected chi connectivity index (χ1v) is 11.5. The number of benzene rings is 3. The van der Waals surface area contributed by atoms with Crippen LogP contribution in [0, 0.1) is 0 Å². The molecule has 36 heavy (non-hydrogen) atoms. The molecule has 3 aromatic carbocycles. The van der Waals surface area contributed by atoms with Crippen molar-refractivity contribution in [2.75, 3.05) is 14.2 Å². The van der Waals surface area contributed by atoms with Crippen LogP contribution in [-0.4, -0.2) is 64.2 Å². The second-order valence-corrected chi connectivity index (χ2v) is 8.98. The van der Waals surface area contributed by atoms with Crippen LogP contribution in [0.1, 0.15) is 36.0 Å². The van der Waals surface area contributed by atoms with Gasteiger partial charge in [-0.25, -0.2) is 0 Å². The molecule has 0 aromatic heterocycles. The molecule has 190 valence electrons. The highest BCUT2D eigenvalue weighted by Crippen LogP contribution is 2.55. The molecule has 9 nitrogen and oxygen atoms in total. The van der Waals surface area contributed by atoms with Crippen molar-refractivity contribution in [1.82, 2.24) is 0 Å². The van der Waals surface area contributed by atoms with Gasteiger partial charge in [-0.15, -0.1) is 0 Å². The highest BCUT2D eigenvalue weighted by atomic mass is 16.6. The van der Waals surface area contributed by atoms with E-state index in [9.17, 15) is 25.5 Å². The lowest BCUT2D eigenvalue weighted by atomic mass is 9.87. The summed E-state index contributed by atoms with van der Waals surface area (Å²) >= 11 is 0. The summed E-state index contributed by atoms with van der Waals surface area (Å²) in [5.41, 5.74) is 2.66. The van der Waals surface area contributed by atoms with Crippen molar-refractivity contribution in [3.05, 3.63) is 53.6 Å². The number of aliphatic hydroxyl groups is 4. The second-order valence-electron chi connectivity index (χ2n) is 8.98. The molecule has 0 radical (unpaired) electrons. The van der Waals surface area contributed by atoms with E-state index in [4.69, 9.17) is 18.9 Å². The Labute approximate surface area is 207 Å². The first kappa shape index (κ1) is 24.4. The maximum atomic E-state index is 11.0. The van der Waals surface area contributed by atoms with Gasteiger partial charge in [0, 0.05) is 22.1 Å². The normalized spacial score (nSPS) is 25.6. The molecule has 0 spiro atoms. The Hall–Kier alpha value is -3.34. The molecular weight excluding hydrogens is 468 g/mol. The van der Waals surface area contributed by atoms with Gasteiger partial charge in [-0.05, 0) is 42.3 Å². The third kappa shape index (κ3) is 3.51. The Morgan fingerprint density at radius 3 is 2.31 bits per heavy atom. The van der Waals surface area contributed by atoms with Gasteiger partial charge in [0.05, 0.1) is 25.7 Å². The Kier molecular flexibility index (Phi) is 6.06. The van der Waals surface area contributed by atoms with Crippen LogP contribution in [-0.2, 0) is 4.74 Å². The number of methoxy groups -OCH3 is 2. The summed E-state index contributed by atoms with van der Waals surface area (Å²) in [7, 11) is 2.97. The van der Waals surface area contributed by atoms with Crippen LogP contribution in [0.4, 0.5) is 0 Å². The molecule has 3 aromatic rings. The van der Waals surface area contributed by atoms with Crippen molar-refractivity contribution >= 4 is 16.8 Å². The zero-order valence-electron chi connectivity index (χ0n) is 20.0. The molecule has 2 aliphatic rings. The van der Waals surface area contributed by atoms with Gasteiger partial charge in [0.1, 0.15) is 47.4 Å². The maximum absolute atomic E-state index is 11.0. The van der Waals surface area contributed by atoms with Gasteiger partial charge in [0.25, 0.3) is 0 Å². The molecule has 6 atom stereocenters. The number of rotatable bonds is 5. The van der Waals surface area contributed by atoms with E-state index in [1.165, 1.54) is 27.2 Å². The van der Waals surface area contributed by atoms with Gasteiger partial charge in [-0.1, -0.05) is 18.7 Å². The standard InChI is InChI=1S/C27H28O9/c1-5-12-8-15-19(17(9-12)33-3)14-10-18(34-4)21-16(29)7-6-13(20(21)25(14)36-27(15)32)26-23(31)22(30)24(35-26)11(2)28/h5-11,22-24,26-32H,1H2,2-4H3. The molecule has 2 heterocycles. The van der Waals surface area contributed by atoms with Gasteiger partial charge in [0.2, 0.25) is 6.29 Å². The third-order valence-electron chi connectivity index (χ3n) is 6.89. The fourth-order valence-corrected chi connectivity index (χ4v) is 5.17. The summed E-state index contributed by atoms with van der Waals surface area (Å²) in [6.07, 6.45) is -5.59. The number of fused-ring (bicyclic) bond motifs is 5. The Bertz CT molecular complexity index is 1350. The zero-order chi connectivity index (χ0) is 25.9. The van der Waals surface area contributed by atoms with Crippen LogP contribution in [0.5, 0.6) is 23.0 Å². The van der Waals surface area contributed by atoms with Crippen molar-refractivity contribution in [2.45, 2.75) is 43.7 Å². The average Bonchev–Trinajstić information content (AvgIpc) is 3.17. The molecular formula is C27H28O9. The fourth-order valence-electron chi connectivity index (χ4n) is 5.17. The summed E-state index contributed by atoms with van der Waals surface area (Å²) < 4.78 is 23.2. The number of phenolic OH excluding ortho intramolecular Hbond substituents is 1. The van der Waals surface area contributed by atoms with Crippen molar-refractivity contribution in [3.63, 3.8) is 0 Å². The Balaban J connectivity index is 1.85.